The average Bonchev–Trinajstić information content (AvgIpc) is 2.81. The summed E-state index contributed by atoms with van der Waals surface area (Å²) in [6.07, 6.45) is 0. The fourth-order valence-corrected chi connectivity index (χ4v) is 21.2. The van der Waals surface area contributed by atoms with Gasteiger partial charge in [-0.1, -0.05) is 0 Å². The van der Waals surface area contributed by atoms with Crippen LogP contribution in [-0.2, 0) is 25.9 Å². The van der Waals surface area contributed by atoms with Crippen molar-refractivity contribution < 1.29 is 10.9 Å². The monoisotopic (exact) mass is 564 g/mol. The summed E-state index contributed by atoms with van der Waals surface area (Å²) in [5.41, 5.74) is 4.39. The molecule has 3 nitrogen and oxygen atoms in total. The molecule has 0 atom stereocenters. The Kier molecular flexibility index (Phi) is 7.68. The zero-order valence-corrected chi connectivity index (χ0v) is 22.4. The van der Waals surface area contributed by atoms with Crippen molar-refractivity contribution in [1.82, 2.24) is 0 Å². The standard InChI is InChI=1S/C7H8O3S.3C7H7.Sn/c1-6-2-4-7(5-3-6)11(8,9)10;3*1-7-5-3-2-4-6-7;/h2-5H,1H3,(H,8,9,10);3*2-6H,1H2;/p-1. The summed E-state index contributed by atoms with van der Waals surface area (Å²) in [5.74, 6) is 0. The zero-order chi connectivity index (χ0) is 23.2. The Hall–Kier alpha value is -2.41. The van der Waals surface area contributed by atoms with Crippen LogP contribution in [0.2, 0.25) is 0 Å². The van der Waals surface area contributed by atoms with Crippen LogP contribution >= 0.6 is 0 Å². The van der Waals surface area contributed by atoms with Gasteiger partial charge in [-0.05, 0) is 0 Å². The second-order valence-electron chi connectivity index (χ2n) is 8.52. The van der Waals surface area contributed by atoms with Gasteiger partial charge < -0.3 is 0 Å². The summed E-state index contributed by atoms with van der Waals surface area (Å²) in [5, 5.41) is 0. The Balaban J connectivity index is 1.80. The van der Waals surface area contributed by atoms with E-state index in [2.05, 4.69) is 36.4 Å². The molecule has 0 aliphatic heterocycles. The molecule has 0 bridgehead atoms. The van der Waals surface area contributed by atoms with Gasteiger partial charge in [-0.25, -0.2) is 0 Å². The Morgan fingerprint density at radius 2 is 0.939 bits per heavy atom. The maximum absolute atomic E-state index is 13.6. The fraction of sp³-hybridized carbons (Fsp3) is 0.143. The van der Waals surface area contributed by atoms with Crippen LogP contribution in [0, 0.1) is 6.92 Å². The normalized spacial score (nSPS) is 11.9. The van der Waals surface area contributed by atoms with E-state index in [1.54, 1.807) is 12.1 Å². The van der Waals surface area contributed by atoms with Crippen molar-refractivity contribution in [3.63, 3.8) is 0 Å². The zero-order valence-electron chi connectivity index (χ0n) is 18.7. The molecule has 4 aromatic rings. The van der Waals surface area contributed by atoms with Gasteiger partial charge in [0.15, 0.2) is 0 Å². The predicted octanol–water partition coefficient (Wildman–Crippen LogP) is 5.99. The third kappa shape index (κ3) is 6.56. The van der Waals surface area contributed by atoms with Crippen LogP contribution in [0.25, 0.3) is 0 Å². The van der Waals surface area contributed by atoms with E-state index in [1.807, 2.05) is 73.7 Å². The summed E-state index contributed by atoms with van der Waals surface area (Å²) in [4.78, 5) is 0.225. The molecule has 0 fully saturated rings. The number of aryl methyl sites for hydroxylation is 1. The molecule has 0 amide bonds. The van der Waals surface area contributed by atoms with Crippen LogP contribution in [0.3, 0.4) is 0 Å². The van der Waals surface area contributed by atoms with E-state index in [9.17, 15) is 8.42 Å². The van der Waals surface area contributed by atoms with Crippen molar-refractivity contribution in [1.29, 1.82) is 0 Å². The maximum atomic E-state index is 13.6. The Morgan fingerprint density at radius 1 is 0.576 bits per heavy atom. The summed E-state index contributed by atoms with van der Waals surface area (Å²) in [7, 11) is -3.90. The van der Waals surface area contributed by atoms with Gasteiger partial charge in [0, 0.05) is 0 Å². The summed E-state index contributed by atoms with van der Waals surface area (Å²) in [6, 6.07) is 37.4. The molecule has 33 heavy (non-hydrogen) atoms. The number of hydrogen-bond acceptors (Lipinski definition) is 3. The topological polar surface area (TPSA) is 43.4 Å². The molecule has 0 aliphatic rings. The molecule has 4 rings (SSSR count). The van der Waals surface area contributed by atoms with Crippen molar-refractivity contribution in [3.05, 3.63) is 138 Å². The summed E-state index contributed by atoms with van der Waals surface area (Å²) in [6.45, 7) is 1.95. The molecule has 0 saturated heterocycles. The predicted molar refractivity (Wildman–Crippen MR) is 136 cm³/mol. The molecule has 0 heterocycles. The van der Waals surface area contributed by atoms with Gasteiger partial charge in [-0.3, -0.25) is 0 Å². The first-order valence-electron chi connectivity index (χ1n) is 11.1. The fourth-order valence-electron chi connectivity index (χ4n) is 4.17. The van der Waals surface area contributed by atoms with Gasteiger partial charge in [0.05, 0.1) is 0 Å². The van der Waals surface area contributed by atoms with Crippen LogP contribution in [0.4, 0.5) is 0 Å². The molecule has 0 saturated carbocycles. The van der Waals surface area contributed by atoms with Crippen LogP contribution in [-0.4, -0.2) is 27.2 Å². The van der Waals surface area contributed by atoms with Crippen molar-refractivity contribution in [3.8, 4) is 0 Å². The Morgan fingerprint density at radius 3 is 1.30 bits per heavy atom. The summed E-state index contributed by atoms with van der Waals surface area (Å²) < 4.78 is 35.6. The van der Waals surface area contributed by atoms with Crippen LogP contribution in [0.5, 0.6) is 0 Å². The molecular formula is C28H28O3SSn-. The number of rotatable bonds is 9. The van der Waals surface area contributed by atoms with Gasteiger partial charge in [-0.2, -0.15) is 0 Å². The minimum absolute atomic E-state index is 0.225. The van der Waals surface area contributed by atoms with Crippen LogP contribution in [0.1, 0.15) is 22.3 Å². The third-order valence-corrected chi connectivity index (χ3v) is 21.0. The van der Waals surface area contributed by atoms with E-state index < -0.39 is 28.9 Å². The third-order valence-electron chi connectivity index (χ3n) is 5.70. The molecule has 169 valence electrons. The van der Waals surface area contributed by atoms with E-state index in [1.165, 1.54) is 0 Å². The van der Waals surface area contributed by atoms with Crippen molar-refractivity contribution in [2.45, 2.75) is 25.1 Å². The Labute approximate surface area is 201 Å². The second-order valence-corrected chi connectivity index (χ2v) is 21.3. The molecule has 0 unspecified atom stereocenters. The number of hydrogen-bond donors (Lipinski definition) is 0. The SMILES string of the molecule is Cc1ccc(S(=O)(=O)[O][Sn-]([CH2]c2ccccc2)([CH2]c2ccccc2)[CH2]c2ccccc2)cc1. The van der Waals surface area contributed by atoms with Crippen molar-refractivity contribution >= 4 is 28.9 Å². The van der Waals surface area contributed by atoms with E-state index in [0.717, 1.165) is 22.3 Å². The van der Waals surface area contributed by atoms with E-state index >= 15 is 0 Å². The first-order chi connectivity index (χ1) is 15.9. The van der Waals surface area contributed by atoms with Gasteiger partial charge in [0.25, 0.3) is 0 Å². The average molecular weight is 563 g/mol. The van der Waals surface area contributed by atoms with Gasteiger partial charge in [0.2, 0.25) is 0 Å². The molecule has 0 spiro atoms. The van der Waals surface area contributed by atoms with Crippen molar-refractivity contribution in [2.24, 2.45) is 0 Å². The second kappa shape index (κ2) is 10.7. The van der Waals surface area contributed by atoms with Gasteiger partial charge >= 0.3 is 202 Å². The quantitative estimate of drug-likeness (QED) is 0.235. The van der Waals surface area contributed by atoms with Crippen molar-refractivity contribution in [2.75, 3.05) is 0 Å². The molecule has 0 aromatic heterocycles. The summed E-state index contributed by atoms with van der Waals surface area (Å²) >= 11 is -3.93. The van der Waals surface area contributed by atoms with E-state index in [0.29, 0.717) is 13.3 Å². The minimum atomic E-state index is -3.93. The first-order valence-corrected chi connectivity index (χ1v) is 19.7. The Bertz CT molecular complexity index is 1160. The van der Waals surface area contributed by atoms with Gasteiger partial charge in [0.1, 0.15) is 0 Å². The molecule has 0 N–H and O–H groups in total. The van der Waals surface area contributed by atoms with Gasteiger partial charge in [-0.15, -0.1) is 0 Å². The van der Waals surface area contributed by atoms with Crippen LogP contribution in [0.15, 0.2) is 120 Å². The van der Waals surface area contributed by atoms with E-state index in [-0.39, 0.29) is 4.90 Å². The molecular weight excluding hydrogens is 535 g/mol. The van der Waals surface area contributed by atoms with Crippen LogP contribution < -0.4 is 0 Å². The molecule has 5 heteroatoms. The molecule has 0 aliphatic carbocycles. The number of benzene rings is 4. The first kappa shape index (κ1) is 23.7. The molecule has 4 aromatic carbocycles. The van der Waals surface area contributed by atoms with E-state index in [4.69, 9.17) is 2.52 Å². The molecule has 0 radical (unpaired) electrons.